The third kappa shape index (κ3) is 6.58. The number of nitrogens with one attached hydrogen (secondary N) is 2. The van der Waals surface area contributed by atoms with E-state index in [2.05, 4.69) is 15.7 Å². The normalized spacial score (nSPS) is 14.9. The van der Waals surface area contributed by atoms with Crippen LogP contribution in [0.25, 0.3) is 0 Å². The van der Waals surface area contributed by atoms with Crippen molar-refractivity contribution in [2.75, 3.05) is 32.5 Å². The van der Waals surface area contributed by atoms with Crippen molar-refractivity contribution >= 4 is 30.0 Å². The Morgan fingerprint density at radius 2 is 2.09 bits per heavy atom. The van der Waals surface area contributed by atoms with Crippen molar-refractivity contribution in [2.45, 2.75) is 32.2 Å². The van der Waals surface area contributed by atoms with Gasteiger partial charge in [0.1, 0.15) is 6.54 Å². The van der Waals surface area contributed by atoms with Crippen molar-refractivity contribution < 1.29 is 9.59 Å². The van der Waals surface area contributed by atoms with Gasteiger partial charge >= 0.3 is 0 Å². The van der Waals surface area contributed by atoms with E-state index in [4.69, 9.17) is 0 Å². The number of anilines is 1. The topological polar surface area (TPSA) is 79.3 Å². The van der Waals surface area contributed by atoms with E-state index in [9.17, 15) is 9.59 Å². The molecular formula is C15H26ClN5O2. The van der Waals surface area contributed by atoms with Crippen LogP contribution < -0.4 is 10.6 Å². The minimum Gasteiger partial charge on any atom is -0.347 e. The second-order valence-corrected chi connectivity index (χ2v) is 5.97. The van der Waals surface area contributed by atoms with E-state index in [0.29, 0.717) is 18.2 Å². The van der Waals surface area contributed by atoms with Crippen molar-refractivity contribution in [1.82, 2.24) is 20.0 Å². The molecule has 0 saturated carbocycles. The zero-order chi connectivity index (χ0) is 15.9. The predicted octanol–water partition coefficient (Wildman–Crippen LogP) is 1.11. The van der Waals surface area contributed by atoms with E-state index in [-0.39, 0.29) is 30.8 Å². The van der Waals surface area contributed by atoms with Gasteiger partial charge in [-0.2, -0.15) is 5.10 Å². The van der Waals surface area contributed by atoms with Gasteiger partial charge in [-0.15, -0.1) is 12.4 Å². The molecule has 0 aliphatic carbocycles. The lowest BCUT2D eigenvalue weighted by molar-refractivity contribution is -0.129. The van der Waals surface area contributed by atoms with E-state index in [1.165, 1.54) is 9.58 Å². The number of carbonyl (C=O) groups excluding carboxylic acids is 2. The zero-order valence-electron chi connectivity index (χ0n) is 13.7. The summed E-state index contributed by atoms with van der Waals surface area (Å²) in [6.45, 7) is 2.28. The minimum atomic E-state index is -0.0353. The van der Waals surface area contributed by atoms with Gasteiger partial charge in [-0.1, -0.05) is 0 Å². The Morgan fingerprint density at radius 3 is 2.74 bits per heavy atom. The molecule has 2 N–H and O–H groups in total. The molecule has 0 bridgehead atoms. The molecule has 0 atom stereocenters. The first kappa shape index (κ1) is 19.4. The summed E-state index contributed by atoms with van der Waals surface area (Å²) >= 11 is 0. The maximum Gasteiger partial charge on any atom is 0.243 e. The molecule has 0 unspecified atom stereocenters. The molecule has 0 spiro atoms. The molecule has 1 aromatic heterocycles. The first-order valence-corrected chi connectivity index (χ1v) is 7.79. The number of hydrogen-bond donors (Lipinski definition) is 2. The monoisotopic (exact) mass is 343 g/mol. The smallest absolute Gasteiger partial charge is 0.243 e. The Bertz CT molecular complexity index is 512. The zero-order valence-corrected chi connectivity index (χ0v) is 14.6. The van der Waals surface area contributed by atoms with Crippen LogP contribution in [0.15, 0.2) is 12.3 Å². The fourth-order valence-corrected chi connectivity index (χ4v) is 2.51. The number of piperidine rings is 1. The standard InChI is InChI=1S/C15H25N5O2.ClH/c1-19(2)15(22)11-20-10-7-13(18-20)17-14(21)4-3-12-5-8-16-9-6-12;/h7,10,12,16H,3-6,8-9,11H2,1-2H3,(H,17,18,21);1H. The number of likely N-dealkylation sites (N-methyl/N-ethyl adjacent to an activating group) is 1. The Balaban J connectivity index is 0.00000264. The van der Waals surface area contributed by atoms with Crippen LogP contribution in [0, 0.1) is 5.92 Å². The summed E-state index contributed by atoms with van der Waals surface area (Å²) in [5.41, 5.74) is 0. The second kappa shape index (κ2) is 9.52. The quantitative estimate of drug-likeness (QED) is 0.811. The fourth-order valence-electron chi connectivity index (χ4n) is 2.51. The maximum atomic E-state index is 11.9. The van der Waals surface area contributed by atoms with Gasteiger partial charge < -0.3 is 15.5 Å². The highest BCUT2D eigenvalue weighted by atomic mass is 35.5. The number of amides is 2. The molecule has 23 heavy (non-hydrogen) atoms. The van der Waals surface area contributed by atoms with Gasteiger partial charge in [0.15, 0.2) is 5.82 Å². The Morgan fingerprint density at radius 1 is 1.39 bits per heavy atom. The van der Waals surface area contributed by atoms with Gasteiger partial charge in [0.25, 0.3) is 0 Å². The molecule has 0 radical (unpaired) electrons. The van der Waals surface area contributed by atoms with Crippen molar-refractivity contribution in [3.05, 3.63) is 12.3 Å². The van der Waals surface area contributed by atoms with Crippen LogP contribution in [0.2, 0.25) is 0 Å². The van der Waals surface area contributed by atoms with Gasteiger partial charge in [0.2, 0.25) is 11.8 Å². The van der Waals surface area contributed by atoms with Crippen LogP contribution in [0.4, 0.5) is 5.82 Å². The molecule has 1 aliphatic rings. The van der Waals surface area contributed by atoms with Crippen LogP contribution in [0.1, 0.15) is 25.7 Å². The van der Waals surface area contributed by atoms with Gasteiger partial charge in [0.05, 0.1) is 0 Å². The van der Waals surface area contributed by atoms with E-state index < -0.39 is 0 Å². The molecule has 2 rings (SSSR count). The lowest BCUT2D eigenvalue weighted by Crippen LogP contribution is -2.28. The lowest BCUT2D eigenvalue weighted by atomic mass is 9.93. The van der Waals surface area contributed by atoms with Crippen molar-refractivity contribution in [2.24, 2.45) is 5.92 Å². The summed E-state index contributed by atoms with van der Waals surface area (Å²) in [4.78, 5) is 25.1. The summed E-state index contributed by atoms with van der Waals surface area (Å²) in [5.74, 6) is 1.10. The number of nitrogens with zero attached hydrogens (tertiary/aromatic N) is 3. The summed E-state index contributed by atoms with van der Waals surface area (Å²) < 4.78 is 1.53. The number of hydrogen-bond acceptors (Lipinski definition) is 4. The summed E-state index contributed by atoms with van der Waals surface area (Å²) in [6, 6.07) is 1.71. The minimum absolute atomic E-state index is 0. The molecule has 2 heterocycles. The summed E-state index contributed by atoms with van der Waals surface area (Å²) in [7, 11) is 3.41. The molecule has 130 valence electrons. The van der Waals surface area contributed by atoms with E-state index in [0.717, 1.165) is 32.4 Å². The van der Waals surface area contributed by atoms with Crippen LogP contribution in [-0.4, -0.2) is 53.7 Å². The average Bonchev–Trinajstić information content (AvgIpc) is 2.93. The Hall–Kier alpha value is -1.60. The number of rotatable bonds is 6. The second-order valence-electron chi connectivity index (χ2n) is 5.97. The van der Waals surface area contributed by atoms with Crippen LogP contribution in [-0.2, 0) is 16.1 Å². The maximum absolute atomic E-state index is 11.9. The predicted molar refractivity (Wildman–Crippen MR) is 91.6 cm³/mol. The third-order valence-electron chi connectivity index (χ3n) is 3.94. The number of halogens is 1. The van der Waals surface area contributed by atoms with Crippen molar-refractivity contribution in [3.8, 4) is 0 Å². The fraction of sp³-hybridized carbons (Fsp3) is 0.667. The highest BCUT2D eigenvalue weighted by Crippen LogP contribution is 2.18. The van der Waals surface area contributed by atoms with Gasteiger partial charge in [-0.25, -0.2) is 0 Å². The first-order valence-electron chi connectivity index (χ1n) is 7.79. The Labute approximate surface area is 143 Å². The number of aromatic nitrogens is 2. The van der Waals surface area contributed by atoms with Gasteiger partial charge in [-0.05, 0) is 38.3 Å². The van der Waals surface area contributed by atoms with Crippen LogP contribution >= 0.6 is 12.4 Å². The molecule has 2 amide bonds. The van der Waals surface area contributed by atoms with E-state index in [1.807, 2.05) is 0 Å². The highest BCUT2D eigenvalue weighted by molar-refractivity contribution is 5.89. The molecule has 1 aliphatic heterocycles. The molecule has 8 heteroatoms. The first-order chi connectivity index (χ1) is 10.5. The molecule has 7 nitrogen and oxygen atoms in total. The average molecular weight is 344 g/mol. The summed E-state index contributed by atoms with van der Waals surface area (Å²) in [6.07, 6.45) is 5.44. The summed E-state index contributed by atoms with van der Waals surface area (Å²) in [5, 5.41) is 10.3. The third-order valence-corrected chi connectivity index (χ3v) is 3.94. The SMILES string of the molecule is CN(C)C(=O)Cn1ccc(NC(=O)CCC2CCNCC2)n1.Cl. The van der Waals surface area contributed by atoms with Crippen LogP contribution in [0.3, 0.4) is 0 Å². The Kier molecular flexibility index (Phi) is 8.05. The highest BCUT2D eigenvalue weighted by Gasteiger charge is 2.15. The molecule has 0 aromatic carbocycles. The van der Waals surface area contributed by atoms with Gasteiger partial charge in [0, 0.05) is 32.8 Å². The molecule has 1 fully saturated rings. The molecule has 1 saturated heterocycles. The van der Waals surface area contributed by atoms with Crippen LogP contribution in [0.5, 0.6) is 0 Å². The van der Waals surface area contributed by atoms with E-state index >= 15 is 0 Å². The van der Waals surface area contributed by atoms with Gasteiger partial charge in [-0.3, -0.25) is 14.3 Å². The molecule has 1 aromatic rings. The van der Waals surface area contributed by atoms with Crippen molar-refractivity contribution in [1.29, 1.82) is 0 Å². The number of carbonyl (C=O) groups is 2. The van der Waals surface area contributed by atoms with E-state index in [1.54, 1.807) is 26.4 Å². The lowest BCUT2D eigenvalue weighted by Gasteiger charge is -2.21. The van der Waals surface area contributed by atoms with Crippen molar-refractivity contribution in [3.63, 3.8) is 0 Å². The molecular weight excluding hydrogens is 318 g/mol. The largest absolute Gasteiger partial charge is 0.347 e.